The lowest BCUT2D eigenvalue weighted by Crippen LogP contribution is -2.31. The summed E-state index contributed by atoms with van der Waals surface area (Å²) in [6.07, 6.45) is 0.826. The SMILES string of the molecule is CCCN(CC)S(=O)(=O)c1ccc(CBr)cc1. The van der Waals surface area contributed by atoms with Gasteiger partial charge in [-0.3, -0.25) is 0 Å². The molecule has 17 heavy (non-hydrogen) atoms. The first-order valence-electron chi connectivity index (χ1n) is 5.71. The van der Waals surface area contributed by atoms with Crippen LogP contribution in [0.5, 0.6) is 0 Å². The van der Waals surface area contributed by atoms with Crippen molar-refractivity contribution >= 4 is 26.0 Å². The summed E-state index contributed by atoms with van der Waals surface area (Å²) < 4.78 is 26.0. The Morgan fingerprint density at radius 3 is 2.18 bits per heavy atom. The molecule has 0 aliphatic rings. The molecular formula is C12H18BrNO2S. The lowest BCUT2D eigenvalue weighted by atomic mass is 10.2. The van der Waals surface area contributed by atoms with E-state index in [0.717, 1.165) is 17.3 Å². The zero-order chi connectivity index (χ0) is 12.9. The van der Waals surface area contributed by atoms with Crippen molar-refractivity contribution in [1.29, 1.82) is 0 Å². The van der Waals surface area contributed by atoms with Crippen molar-refractivity contribution in [2.45, 2.75) is 30.5 Å². The van der Waals surface area contributed by atoms with Crippen molar-refractivity contribution in [2.24, 2.45) is 0 Å². The van der Waals surface area contributed by atoms with E-state index in [2.05, 4.69) is 15.9 Å². The molecule has 0 aliphatic carbocycles. The predicted molar refractivity (Wildman–Crippen MR) is 73.8 cm³/mol. The fraction of sp³-hybridized carbons (Fsp3) is 0.500. The molecule has 96 valence electrons. The van der Waals surface area contributed by atoms with Gasteiger partial charge in [0.1, 0.15) is 0 Å². The molecule has 0 amide bonds. The Morgan fingerprint density at radius 1 is 1.18 bits per heavy atom. The third kappa shape index (κ3) is 3.53. The molecule has 1 rings (SSSR count). The normalized spacial score (nSPS) is 12.0. The summed E-state index contributed by atoms with van der Waals surface area (Å²) in [6, 6.07) is 7.01. The first-order chi connectivity index (χ1) is 8.06. The van der Waals surface area contributed by atoms with Gasteiger partial charge < -0.3 is 0 Å². The zero-order valence-corrected chi connectivity index (χ0v) is 12.6. The van der Waals surface area contributed by atoms with Crippen LogP contribution >= 0.6 is 15.9 Å². The van der Waals surface area contributed by atoms with E-state index in [1.807, 2.05) is 26.0 Å². The first kappa shape index (κ1) is 14.7. The number of hydrogen-bond donors (Lipinski definition) is 0. The van der Waals surface area contributed by atoms with Crippen LogP contribution in [0.2, 0.25) is 0 Å². The Morgan fingerprint density at radius 2 is 1.76 bits per heavy atom. The van der Waals surface area contributed by atoms with Gasteiger partial charge in [-0.25, -0.2) is 8.42 Å². The third-order valence-corrected chi connectivity index (χ3v) is 5.18. The molecule has 0 heterocycles. The maximum absolute atomic E-state index is 12.3. The summed E-state index contributed by atoms with van der Waals surface area (Å²) in [5.74, 6) is 0. The zero-order valence-electron chi connectivity index (χ0n) is 10.2. The van der Waals surface area contributed by atoms with Crippen molar-refractivity contribution in [3.8, 4) is 0 Å². The van der Waals surface area contributed by atoms with E-state index in [4.69, 9.17) is 0 Å². The molecule has 1 aromatic carbocycles. The number of rotatable bonds is 6. The molecule has 3 nitrogen and oxygen atoms in total. The van der Waals surface area contributed by atoms with Gasteiger partial charge in [0.15, 0.2) is 0 Å². The molecule has 1 aromatic rings. The average Bonchev–Trinajstić information content (AvgIpc) is 2.35. The molecule has 0 bridgehead atoms. The molecule has 0 unspecified atom stereocenters. The number of halogens is 1. The van der Waals surface area contributed by atoms with Gasteiger partial charge in [0.25, 0.3) is 0 Å². The van der Waals surface area contributed by atoms with Crippen molar-refractivity contribution in [1.82, 2.24) is 4.31 Å². The van der Waals surface area contributed by atoms with Crippen LogP contribution in [-0.2, 0) is 15.4 Å². The molecule has 0 N–H and O–H groups in total. The summed E-state index contributed by atoms with van der Waals surface area (Å²) in [4.78, 5) is 0.373. The smallest absolute Gasteiger partial charge is 0.207 e. The Kier molecular flexibility index (Phi) is 5.62. The molecule has 5 heteroatoms. The maximum atomic E-state index is 12.3. The number of nitrogens with zero attached hydrogens (tertiary/aromatic N) is 1. The van der Waals surface area contributed by atoms with E-state index in [-0.39, 0.29) is 0 Å². The maximum Gasteiger partial charge on any atom is 0.243 e. The molecule has 0 spiro atoms. The lowest BCUT2D eigenvalue weighted by Gasteiger charge is -2.19. The van der Waals surface area contributed by atoms with Gasteiger partial charge in [0.05, 0.1) is 4.90 Å². The van der Waals surface area contributed by atoms with Crippen molar-refractivity contribution in [3.63, 3.8) is 0 Å². The van der Waals surface area contributed by atoms with Crippen LogP contribution < -0.4 is 0 Å². The number of alkyl halides is 1. The Labute approximate surface area is 112 Å². The van der Waals surface area contributed by atoms with Crippen LogP contribution in [0.1, 0.15) is 25.8 Å². The summed E-state index contributed by atoms with van der Waals surface area (Å²) >= 11 is 3.34. The highest BCUT2D eigenvalue weighted by Crippen LogP contribution is 2.17. The monoisotopic (exact) mass is 319 g/mol. The fourth-order valence-corrected chi connectivity index (χ4v) is 3.51. The summed E-state index contributed by atoms with van der Waals surface area (Å²) in [5.41, 5.74) is 1.07. The Hall–Kier alpha value is -0.390. The van der Waals surface area contributed by atoms with Crippen molar-refractivity contribution in [3.05, 3.63) is 29.8 Å². The number of sulfonamides is 1. The standard InChI is InChI=1S/C12H18BrNO2S/c1-3-9-14(4-2)17(15,16)12-7-5-11(10-13)6-8-12/h5-8H,3-4,9-10H2,1-2H3. The third-order valence-electron chi connectivity index (χ3n) is 2.54. The minimum atomic E-state index is -3.32. The van der Waals surface area contributed by atoms with E-state index in [9.17, 15) is 8.42 Å². The molecule has 0 aromatic heterocycles. The second-order valence-corrected chi connectivity index (χ2v) is 6.27. The van der Waals surface area contributed by atoms with Crippen LogP contribution in [0.4, 0.5) is 0 Å². The van der Waals surface area contributed by atoms with E-state index >= 15 is 0 Å². The first-order valence-corrected chi connectivity index (χ1v) is 8.27. The highest BCUT2D eigenvalue weighted by atomic mass is 79.9. The number of hydrogen-bond acceptors (Lipinski definition) is 2. The van der Waals surface area contributed by atoms with Gasteiger partial charge in [-0.05, 0) is 24.1 Å². The molecule has 0 aliphatic heterocycles. The van der Waals surface area contributed by atoms with Gasteiger partial charge in [-0.15, -0.1) is 0 Å². The summed E-state index contributed by atoms with van der Waals surface area (Å²) in [5, 5.41) is 0.736. The lowest BCUT2D eigenvalue weighted by molar-refractivity contribution is 0.427. The Balaban J connectivity index is 3.02. The predicted octanol–water partition coefficient (Wildman–Crippen LogP) is 3.00. The van der Waals surface area contributed by atoms with Gasteiger partial charge in [0.2, 0.25) is 10.0 Å². The van der Waals surface area contributed by atoms with Crippen LogP contribution in [0.3, 0.4) is 0 Å². The van der Waals surface area contributed by atoms with Crippen molar-refractivity contribution in [2.75, 3.05) is 13.1 Å². The largest absolute Gasteiger partial charge is 0.243 e. The summed E-state index contributed by atoms with van der Waals surface area (Å²) in [7, 11) is -3.32. The topological polar surface area (TPSA) is 37.4 Å². The van der Waals surface area contributed by atoms with Gasteiger partial charge in [0, 0.05) is 18.4 Å². The molecule has 0 radical (unpaired) electrons. The minimum Gasteiger partial charge on any atom is -0.207 e. The van der Waals surface area contributed by atoms with E-state index in [1.54, 1.807) is 12.1 Å². The van der Waals surface area contributed by atoms with Gasteiger partial charge in [-0.1, -0.05) is 41.9 Å². The van der Waals surface area contributed by atoms with E-state index in [0.29, 0.717) is 18.0 Å². The van der Waals surface area contributed by atoms with Gasteiger partial charge in [-0.2, -0.15) is 4.31 Å². The van der Waals surface area contributed by atoms with Crippen LogP contribution in [0.15, 0.2) is 29.2 Å². The molecule has 0 atom stereocenters. The Bertz CT molecular complexity index is 442. The van der Waals surface area contributed by atoms with Crippen molar-refractivity contribution < 1.29 is 8.42 Å². The second kappa shape index (κ2) is 6.52. The second-order valence-electron chi connectivity index (χ2n) is 3.77. The van der Waals surface area contributed by atoms with Crippen LogP contribution in [0.25, 0.3) is 0 Å². The molecule has 0 fully saturated rings. The number of benzene rings is 1. The highest BCUT2D eigenvalue weighted by Gasteiger charge is 2.21. The molecule has 0 saturated heterocycles. The van der Waals surface area contributed by atoms with E-state index < -0.39 is 10.0 Å². The van der Waals surface area contributed by atoms with Crippen LogP contribution in [-0.4, -0.2) is 25.8 Å². The van der Waals surface area contributed by atoms with E-state index in [1.165, 1.54) is 4.31 Å². The minimum absolute atomic E-state index is 0.373. The van der Waals surface area contributed by atoms with Gasteiger partial charge >= 0.3 is 0 Å². The van der Waals surface area contributed by atoms with Crippen LogP contribution in [0, 0.1) is 0 Å². The molecular weight excluding hydrogens is 302 g/mol. The molecule has 0 saturated carbocycles. The average molecular weight is 320 g/mol. The highest BCUT2D eigenvalue weighted by molar-refractivity contribution is 9.08. The fourth-order valence-electron chi connectivity index (χ4n) is 1.60. The summed E-state index contributed by atoms with van der Waals surface area (Å²) in [6.45, 7) is 4.92. The quantitative estimate of drug-likeness (QED) is 0.756.